The Labute approximate surface area is 124 Å². The molecule has 104 valence electrons. The zero-order valence-electron chi connectivity index (χ0n) is 10.8. The smallest absolute Gasteiger partial charge is 0.256 e. The van der Waals surface area contributed by atoms with Gasteiger partial charge in [-0.3, -0.25) is 14.3 Å². The van der Waals surface area contributed by atoms with Gasteiger partial charge in [-0.25, -0.2) is 0 Å². The van der Waals surface area contributed by atoms with Crippen molar-refractivity contribution in [1.29, 1.82) is 0 Å². The Morgan fingerprint density at radius 3 is 2.80 bits per heavy atom. The highest BCUT2D eigenvalue weighted by Gasteiger charge is 2.11. The van der Waals surface area contributed by atoms with Gasteiger partial charge in [0.15, 0.2) is 0 Å². The van der Waals surface area contributed by atoms with Gasteiger partial charge in [0.2, 0.25) is 5.91 Å². The molecule has 0 fully saturated rings. The van der Waals surface area contributed by atoms with Crippen LogP contribution in [0.3, 0.4) is 0 Å². The van der Waals surface area contributed by atoms with Gasteiger partial charge in [-0.2, -0.15) is 5.10 Å². The average Bonchev–Trinajstić information content (AvgIpc) is 2.86. The minimum atomic E-state index is -0.239. The Kier molecular flexibility index (Phi) is 4.52. The van der Waals surface area contributed by atoms with E-state index in [-0.39, 0.29) is 18.4 Å². The van der Waals surface area contributed by atoms with Crippen molar-refractivity contribution in [2.75, 3.05) is 12.4 Å². The first kappa shape index (κ1) is 14.3. The molecule has 0 saturated carbocycles. The number of likely N-dealkylation sites (N-methyl/N-ethyl adjacent to an activating group) is 1. The Morgan fingerprint density at radius 2 is 2.10 bits per heavy atom. The summed E-state index contributed by atoms with van der Waals surface area (Å²) in [5, 5.41) is 9.23. The molecule has 2 amide bonds. The van der Waals surface area contributed by atoms with Gasteiger partial charge >= 0.3 is 0 Å². The van der Waals surface area contributed by atoms with E-state index < -0.39 is 0 Å². The molecule has 0 atom stereocenters. The molecule has 0 aliphatic carbocycles. The summed E-state index contributed by atoms with van der Waals surface area (Å²) >= 11 is 3.32. The minimum absolute atomic E-state index is 0.113. The number of nitrogens with zero attached hydrogens (tertiary/aromatic N) is 2. The summed E-state index contributed by atoms with van der Waals surface area (Å²) in [6, 6.07) is 7.13. The van der Waals surface area contributed by atoms with Gasteiger partial charge in [-0.1, -0.05) is 12.1 Å². The summed E-state index contributed by atoms with van der Waals surface area (Å²) < 4.78 is 2.17. The maximum Gasteiger partial charge on any atom is 0.256 e. The van der Waals surface area contributed by atoms with Crippen molar-refractivity contribution in [2.24, 2.45) is 0 Å². The topological polar surface area (TPSA) is 76.0 Å². The van der Waals surface area contributed by atoms with Crippen LogP contribution in [-0.2, 0) is 11.3 Å². The van der Waals surface area contributed by atoms with Crippen LogP contribution in [0.25, 0.3) is 0 Å². The average molecular weight is 337 g/mol. The summed E-state index contributed by atoms with van der Waals surface area (Å²) in [7, 11) is 1.56. The van der Waals surface area contributed by atoms with E-state index in [1.165, 1.54) is 10.9 Å². The molecule has 20 heavy (non-hydrogen) atoms. The van der Waals surface area contributed by atoms with Crippen molar-refractivity contribution in [1.82, 2.24) is 15.1 Å². The fourth-order valence-electron chi connectivity index (χ4n) is 1.58. The minimum Gasteiger partial charge on any atom is -0.358 e. The lowest BCUT2D eigenvalue weighted by Crippen LogP contribution is -2.23. The maximum absolute atomic E-state index is 12.1. The zero-order chi connectivity index (χ0) is 14.5. The lowest BCUT2D eigenvalue weighted by Gasteiger charge is -2.04. The number of halogens is 1. The number of carbonyl (C=O) groups excluding carboxylic acids is 2. The number of amides is 2. The fraction of sp³-hybridized carbons (Fsp3) is 0.154. The van der Waals surface area contributed by atoms with E-state index in [1.54, 1.807) is 31.4 Å². The van der Waals surface area contributed by atoms with E-state index in [9.17, 15) is 9.59 Å². The molecule has 0 bridgehead atoms. The van der Waals surface area contributed by atoms with Crippen LogP contribution in [0, 0.1) is 0 Å². The normalized spacial score (nSPS) is 10.1. The van der Waals surface area contributed by atoms with Gasteiger partial charge in [0.05, 0.1) is 17.4 Å². The van der Waals surface area contributed by atoms with Crippen molar-refractivity contribution in [3.8, 4) is 0 Å². The highest BCUT2D eigenvalue weighted by molar-refractivity contribution is 9.10. The first-order chi connectivity index (χ1) is 9.60. The lowest BCUT2D eigenvalue weighted by molar-refractivity contribution is -0.121. The molecule has 2 rings (SSSR count). The molecule has 7 heteroatoms. The molecule has 0 aliphatic heterocycles. The summed E-state index contributed by atoms with van der Waals surface area (Å²) in [5.74, 6) is -0.395. The van der Waals surface area contributed by atoms with E-state index in [1.807, 2.05) is 6.07 Å². The molecule has 2 aromatic rings. The van der Waals surface area contributed by atoms with Gasteiger partial charge in [0, 0.05) is 17.7 Å². The number of hydrogen-bond donors (Lipinski definition) is 2. The molecule has 0 aliphatic rings. The quantitative estimate of drug-likeness (QED) is 0.891. The summed E-state index contributed by atoms with van der Waals surface area (Å²) in [6.07, 6.45) is 3.10. The Bertz CT molecular complexity index is 639. The van der Waals surface area contributed by atoms with E-state index in [0.29, 0.717) is 11.3 Å². The molecular weight excluding hydrogens is 324 g/mol. The van der Waals surface area contributed by atoms with E-state index in [0.717, 1.165) is 4.47 Å². The van der Waals surface area contributed by atoms with Crippen LogP contribution in [-0.4, -0.2) is 28.6 Å². The standard InChI is InChI=1S/C13H13BrN4O2/c1-15-12(19)8-18-7-9(6-16-18)17-13(20)10-4-2-3-5-11(10)14/h2-7H,8H2,1H3,(H,15,19)(H,17,20). The Morgan fingerprint density at radius 1 is 1.35 bits per heavy atom. The summed E-state index contributed by atoms with van der Waals surface area (Å²) in [4.78, 5) is 23.3. The number of hydrogen-bond acceptors (Lipinski definition) is 3. The van der Waals surface area contributed by atoms with Crippen LogP contribution in [0.2, 0.25) is 0 Å². The van der Waals surface area contributed by atoms with E-state index in [4.69, 9.17) is 0 Å². The summed E-state index contributed by atoms with van der Waals surface area (Å²) in [5.41, 5.74) is 1.07. The van der Waals surface area contributed by atoms with E-state index in [2.05, 4.69) is 31.7 Å². The van der Waals surface area contributed by atoms with Crippen LogP contribution in [0.4, 0.5) is 5.69 Å². The van der Waals surface area contributed by atoms with Crippen molar-refractivity contribution >= 4 is 33.4 Å². The molecule has 0 spiro atoms. The highest BCUT2D eigenvalue weighted by Crippen LogP contribution is 2.17. The SMILES string of the molecule is CNC(=O)Cn1cc(NC(=O)c2ccccc2Br)cn1. The van der Waals surface area contributed by atoms with Gasteiger partial charge in [0.25, 0.3) is 5.91 Å². The monoisotopic (exact) mass is 336 g/mol. The first-order valence-corrected chi connectivity index (χ1v) is 6.68. The molecule has 1 aromatic heterocycles. The number of nitrogens with one attached hydrogen (secondary N) is 2. The number of anilines is 1. The van der Waals surface area contributed by atoms with Crippen LogP contribution in [0.15, 0.2) is 41.1 Å². The predicted molar refractivity (Wildman–Crippen MR) is 78.4 cm³/mol. The largest absolute Gasteiger partial charge is 0.358 e. The second-order valence-corrected chi connectivity index (χ2v) is 4.89. The first-order valence-electron chi connectivity index (χ1n) is 5.89. The molecule has 1 heterocycles. The highest BCUT2D eigenvalue weighted by atomic mass is 79.9. The van der Waals surface area contributed by atoms with Crippen molar-refractivity contribution in [2.45, 2.75) is 6.54 Å². The molecule has 0 unspecified atom stereocenters. The lowest BCUT2D eigenvalue weighted by atomic mass is 10.2. The van der Waals surface area contributed by atoms with Crippen LogP contribution in [0.1, 0.15) is 10.4 Å². The van der Waals surface area contributed by atoms with Crippen LogP contribution >= 0.6 is 15.9 Å². The molecule has 1 aromatic carbocycles. The predicted octanol–water partition coefficient (Wildman–Crippen LogP) is 1.64. The van der Waals surface area contributed by atoms with Crippen LogP contribution < -0.4 is 10.6 Å². The van der Waals surface area contributed by atoms with Crippen molar-refractivity contribution in [3.05, 3.63) is 46.7 Å². The number of aromatic nitrogens is 2. The Hall–Kier alpha value is -2.15. The van der Waals surface area contributed by atoms with Crippen molar-refractivity contribution in [3.63, 3.8) is 0 Å². The van der Waals surface area contributed by atoms with Gasteiger partial charge in [-0.15, -0.1) is 0 Å². The van der Waals surface area contributed by atoms with Gasteiger partial charge in [-0.05, 0) is 28.1 Å². The fourth-order valence-corrected chi connectivity index (χ4v) is 2.05. The second-order valence-electron chi connectivity index (χ2n) is 4.03. The van der Waals surface area contributed by atoms with Crippen LogP contribution in [0.5, 0.6) is 0 Å². The Balaban J connectivity index is 2.05. The number of carbonyl (C=O) groups is 2. The van der Waals surface area contributed by atoms with Gasteiger partial charge < -0.3 is 10.6 Å². The van der Waals surface area contributed by atoms with E-state index >= 15 is 0 Å². The van der Waals surface area contributed by atoms with Crippen molar-refractivity contribution < 1.29 is 9.59 Å². The third-order valence-corrected chi connectivity index (χ3v) is 3.29. The molecule has 0 radical (unpaired) electrons. The third kappa shape index (κ3) is 3.45. The number of rotatable bonds is 4. The number of benzene rings is 1. The maximum atomic E-state index is 12.1. The molecular formula is C13H13BrN4O2. The van der Waals surface area contributed by atoms with Gasteiger partial charge in [0.1, 0.15) is 6.54 Å². The molecule has 0 saturated heterocycles. The summed E-state index contributed by atoms with van der Waals surface area (Å²) in [6.45, 7) is 0.113. The zero-order valence-corrected chi connectivity index (χ0v) is 12.3. The second kappa shape index (κ2) is 6.33. The molecule has 2 N–H and O–H groups in total. The third-order valence-electron chi connectivity index (χ3n) is 2.59. The molecule has 6 nitrogen and oxygen atoms in total.